The van der Waals surface area contributed by atoms with E-state index in [1.807, 2.05) is 66.7 Å². The van der Waals surface area contributed by atoms with Crippen molar-refractivity contribution in [3.8, 4) is 17.0 Å². The van der Waals surface area contributed by atoms with E-state index in [4.69, 9.17) is 14.8 Å². The SMILES string of the molecule is O=C(O)c1ccc(COc2c(Br)cc(/C=N/NC(=O)c3cc(-c4ccccc4)nc4ccccc34)cc2Br)cc1. The number of rotatable bonds is 8. The van der Waals surface area contributed by atoms with Crippen molar-refractivity contribution in [3.05, 3.63) is 128 Å². The van der Waals surface area contributed by atoms with E-state index in [9.17, 15) is 9.59 Å². The highest BCUT2D eigenvalue weighted by Gasteiger charge is 2.14. The van der Waals surface area contributed by atoms with E-state index in [1.54, 1.807) is 24.4 Å². The summed E-state index contributed by atoms with van der Waals surface area (Å²) in [5.74, 6) is -0.739. The van der Waals surface area contributed by atoms with Gasteiger partial charge < -0.3 is 9.84 Å². The predicted octanol–water partition coefficient (Wildman–Crippen LogP) is 7.47. The standard InChI is InChI=1S/C31H21Br2N3O4/c32-25-14-20(15-26(33)29(25)40-18-19-10-12-22(13-11-19)31(38)39)17-34-36-30(37)24-16-28(21-6-2-1-3-7-21)35-27-9-5-4-8-23(24)27/h1-17H,18H2,(H,36,37)(H,38,39)/b34-17+. The summed E-state index contributed by atoms with van der Waals surface area (Å²) in [6, 6.07) is 29.1. The van der Waals surface area contributed by atoms with Crippen molar-refractivity contribution in [2.24, 2.45) is 5.10 Å². The van der Waals surface area contributed by atoms with Gasteiger partial charge in [-0.3, -0.25) is 4.79 Å². The summed E-state index contributed by atoms with van der Waals surface area (Å²) in [6.07, 6.45) is 1.54. The number of para-hydroxylation sites is 1. The average Bonchev–Trinajstić information content (AvgIpc) is 2.96. The van der Waals surface area contributed by atoms with Crippen molar-refractivity contribution in [2.45, 2.75) is 6.61 Å². The number of fused-ring (bicyclic) bond motifs is 1. The van der Waals surface area contributed by atoms with Crippen LogP contribution >= 0.6 is 31.9 Å². The zero-order valence-electron chi connectivity index (χ0n) is 20.8. The Labute approximate surface area is 246 Å². The van der Waals surface area contributed by atoms with Crippen LogP contribution in [-0.4, -0.2) is 28.2 Å². The summed E-state index contributed by atoms with van der Waals surface area (Å²) >= 11 is 7.06. The van der Waals surface area contributed by atoms with Gasteiger partial charge in [0.25, 0.3) is 5.91 Å². The molecule has 0 bridgehead atoms. The van der Waals surface area contributed by atoms with Gasteiger partial charge in [-0.15, -0.1) is 0 Å². The van der Waals surface area contributed by atoms with Gasteiger partial charge >= 0.3 is 5.97 Å². The molecule has 0 fully saturated rings. The maximum Gasteiger partial charge on any atom is 0.335 e. The molecule has 0 unspecified atom stereocenters. The zero-order valence-corrected chi connectivity index (χ0v) is 24.0. The molecule has 0 spiro atoms. The van der Waals surface area contributed by atoms with E-state index in [2.05, 4.69) is 42.4 Å². The maximum absolute atomic E-state index is 13.2. The van der Waals surface area contributed by atoms with E-state index in [0.717, 1.165) is 27.6 Å². The number of hydrogen-bond acceptors (Lipinski definition) is 5. The number of halogens is 2. The van der Waals surface area contributed by atoms with E-state index in [1.165, 1.54) is 12.1 Å². The molecule has 9 heteroatoms. The first-order chi connectivity index (χ1) is 19.4. The molecule has 0 atom stereocenters. The van der Waals surface area contributed by atoms with Crippen molar-refractivity contribution in [1.82, 2.24) is 10.4 Å². The van der Waals surface area contributed by atoms with Crippen LogP contribution < -0.4 is 10.2 Å². The molecular formula is C31H21Br2N3O4. The number of benzene rings is 4. The Balaban J connectivity index is 1.30. The van der Waals surface area contributed by atoms with Gasteiger partial charge in [0.05, 0.1) is 37.5 Å². The first-order valence-electron chi connectivity index (χ1n) is 12.1. The number of nitrogens with zero attached hydrogens (tertiary/aromatic N) is 2. The third-order valence-corrected chi connectivity index (χ3v) is 7.19. The molecule has 0 aliphatic heterocycles. The molecule has 1 heterocycles. The van der Waals surface area contributed by atoms with Gasteiger partial charge in [-0.05, 0) is 79.4 Å². The average molecular weight is 659 g/mol. The Morgan fingerprint density at radius 2 is 1.57 bits per heavy atom. The van der Waals surface area contributed by atoms with Crippen LogP contribution in [0.25, 0.3) is 22.2 Å². The van der Waals surface area contributed by atoms with Crippen LogP contribution in [0.1, 0.15) is 31.8 Å². The highest BCUT2D eigenvalue weighted by Crippen LogP contribution is 2.35. The molecular weight excluding hydrogens is 638 g/mol. The monoisotopic (exact) mass is 657 g/mol. The lowest BCUT2D eigenvalue weighted by molar-refractivity contribution is 0.0696. The largest absolute Gasteiger partial charge is 0.487 e. The van der Waals surface area contributed by atoms with E-state index in [-0.39, 0.29) is 18.1 Å². The smallest absolute Gasteiger partial charge is 0.335 e. The lowest BCUT2D eigenvalue weighted by Crippen LogP contribution is -2.18. The highest BCUT2D eigenvalue weighted by molar-refractivity contribution is 9.11. The van der Waals surface area contributed by atoms with E-state index >= 15 is 0 Å². The second kappa shape index (κ2) is 12.2. The quantitative estimate of drug-likeness (QED) is 0.133. The van der Waals surface area contributed by atoms with Crippen molar-refractivity contribution in [2.75, 3.05) is 0 Å². The molecule has 40 heavy (non-hydrogen) atoms. The number of nitrogens with one attached hydrogen (secondary N) is 1. The first-order valence-corrected chi connectivity index (χ1v) is 13.7. The van der Waals surface area contributed by atoms with Crippen molar-refractivity contribution in [3.63, 3.8) is 0 Å². The summed E-state index contributed by atoms with van der Waals surface area (Å²) in [5.41, 5.74) is 7.22. The molecule has 0 radical (unpaired) electrons. The number of pyridine rings is 1. The number of carbonyl (C=O) groups excluding carboxylic acids is 1. The maximum atomic E-state index is 13.2. The number of hydrogen-bond donors (Lipinski definition) is 2. The molecule has 4 aromatic carbocycles. The Kier molecular flexibility index (Phi) is 8.33. The molecule has 1 aromatic heterocycles. The summed E-state index contributed by atoms with van der Waals surface area (Å²) in [7, 11) is 0. The molecule has 5 rings (SSSR count). The van der Waals surface area contributed by atoms with Crippen molar-refractivity contribution in [1.29, 1.82) is 0 Å². The number of carboxylic acid groups (broad SMARTS) is 1. The molecule has 0 saturated heterocycles. The third-order valence-electron chi connectivity index (χ3n) is 6.01. The predicted molar refractivity (Wildman–Crippen MR) is 162 cm³/mol. The number of carbonyl (C=O) groups is 2. The number of amides is 1. The summed E-state index contributed by atoms with van der Waals surface area (Å²) in [4.78, 5) is 28.9. The fraction of sp³-hybridized carbons (Fsp3) is 0.0323. The van der Waals surface area contributed by atoms with Crippen LogP contribution in [0.4, 0.5) is 0 Å². The molecule has 0 aliphatic carbocycles. The highest BCUT2D eigenvalue weighted by atomic mass is 79.9. The number of carboxylic acids is 1. The number of hydrazone groups is 1. The third kappa shape index (κ3) is 6.27. The van der Waals surface area contributed by atoms with Crippen LogP contribution in [0.5, 0.6) is 5.75 Å². The zero-order chi connectivity index (χ0) is 28.1. The first kappa shape index (κ1) is 27.2. The minimum Gasteiger partial charge on any atom is -0.487 e. The number of aromatic nitrogens is 1. The fourth-order valence-electron chi connectivity index (χ4n) is 4.04. The van der Waals surface area contributed by atoms with Crippen LogP contribution in [0.15, 0.2) is 111 Å². The Morgan fingerprint density at radius 1 is 0.900 bits per heavy atom. The Bertz CT molecular complexity index is 1720. The fourth-order valence-corrected chi connectivity index (χ4v) is 5.49. The van der Waals surface area contributed by atoms with Crippen molar-refractivity contribution < 1.29 is 19.4 Å². The van der Waals surface area contributed by atoms with Gasteiger partial charge in [0, 0.05) is 10.9 Å². The van der Waals surface area contributed by atoms with E-state index in [0.29, 0.717) is 26.0 Å². The molecule has 1 amide bonds. The van der Waals surface area contributed by atoms with Gasteiger partial charge in [-0.2, -0.15) is 5.10 Å². The minimum absolute atomic E-state index is 0.218. The van der Waals surface area contributed by atoms with Crippen LogP contribution in [0.2, 0.25) is 0 Å². The van der Waals surface area contributed by atoms with Gasteiger partial charge in [-0.25, -0.2) is 15.2 Å². The second-order valence-corrected chi connectivity index (χ2v) is 10.5. The normalized spacial score (nSPS) is 11.1. The Hall–Kier alpha value is -4.34. The van der Waals surface area contributed by atoms with E-state index < -0.39 is 5.97 Å². The summed E-state index contributed by atoms with van der Waals surface area (Å²) in [5, 5.41) is 14.0. The van der Waals surface area contributed by atoms with Crippen LogP contribution in [0, 0.1) is 0 Å². The lowest BCUT2D eigenvalue weighted by atomic mass is 10.0. The topological polar surface area (TPSA) is 101 Å². The second-order valence-electron chi connectivity index (χ2n) is 8.74. The van der Waals surface area contributed by atoms with Gasteiger partial charge in [0.1, 0.15) is 12.4 Å². The minimum atomic E-state index is -0.975. The Morgan fingerprint density at radius 3 is 2.27 bits per heavy atom. The van der Waals surface area contributed by atoms with Crippen LogP contribution in [0.3, 0.4) is 0 Å². The lowest BCUT2D eigenvalue weighted by Gasteiger charge is -2.11. The summed E-state index contributed by atoms with van der Waals surface area (Å²) in [6.45, 7) is 0.255. The molecule has 0 saturated carbocycles. The van der Waals surface area contributed by atoms with Crippen molar-refractivity contribution >= 4 is 60.9 Å². The summed E-state index contributed by atoms with van der Waals surface area (Å²) < 4.78 is 7.31. The molecule has 198 valence electrons. The number of aromatic carboxylic acids is 1. The van der Waals surface area contributed by atoms with Gasteiger partial charge in [-0.1, -0.05) is 60.7 Å². The van der Waals surface area contributed by atoms with Gasteiger partial charge in [0.2, 0.25) is 0 Å². The molecule has 7 nitrogen and oxygen atoms in total. The molecule has 5 aromatic rings. The molecule has 2 N–H and O–H groups in total. The van der Waals surface area contributed by atoms with Gasteiger partial charge in [0.15, 0.2) is 0 Å². The molecule has 0 aliphatic rings. The number of ether oxygens (including phenoxy) is 1. The van der Waals surface area contributed by atoms with Crippen LogP contribution in [-0.2, 0) is 6.61 Å².